The molecule has 19 heavy (non-hydrogen) atoms. The van der Waals surface area contributed by atoms with E-state index in [4.69, 9.17) is 0 Å². The molecule has 0 radical (unpaired) electrons. The number of urea groups is 1. The van der Waals surface area contributed by atoms with Gasteiger partial charge in [0.25, 0.3) is 0 Å². The predicted octanol–water partition coefficient (Wildman–Crippen LogP) is 2.40. The van der Waals surface area contributed by atoms with Gasteiger partial charge in [0.05, 0.1) is 7.11 Å². The largest absolute Gasteiger partial charge is 0.467 e. The van der Waals surface area contributed by atoms with E-state index < -0.39 is 18.0 Å². The van der Waals surface area contributed by atoms with E-state index in [0.717, 1.165) is 0 Å². The Balaban J connectivity index is 2.58. The molecule has 1 rings (SSSR count). The summed E-state index contributed by atoms with van der Waals surface area (Å²) in [6, 6.07) is 8.00. The molecule has 0 spiro atoms. The highest BCUT2D eigenvalue weighted by atomic mass is 16.5. The molecule has 0 saturated carbocycles. The van der Waals surface area contributed by atoms with E-state index in [1.165, 1.54) is 7.11 Å². The van der Waals surface area contributed by atoms with Crippen LogP contribution in [-0.2, 0) is 9.53 Å². The minimum absolute atomic E-state index is 0.279. The Kier molecular flexibility index (Phi) is 5.85. The molecule has 0 aromatic heterocycles. The van der Waals surface area contributed by atoms with Gasteiger partial charge in [0.1, 0.15) is 6.04 Å². The Labute approximate surface area is 113 Å². The number of esters is 1. The predicted molar refractivity (Wildman–Crippen MR) is 73.9 cm³/mol. The van der Waals surface area contributed by atoms with Crippen LogP contribution in [0.3, 0.4) is 0 Å². The molecule has 1 atom stereocenters. The zero-order valence-corrected chi connectivity index (χ0v) is 11.5. The number of methoxy groups -OCH3 is 1. The monoisotopic (exact) mass is 264 g/mol. The third kappa shape index (κ3) is 5.42. The molecular formula is C14H20N2O3. The fourth-order valence-electron chi connectivity index (χ4n) is 1.67. The van der Waals surface area contributed by atoms with Crippen LogP contribution in [0.25, 0.3) is 0 Å². The van der Waals surface area contributed by atoms with Crippen molar-refractivity contribution < 1.29 is 14.3 Å². The van der Waals surface area contributed by atoms with E-state index in [0.29, 0.717) is 12.1 Å². The minimum Gasteiger partial charge on any atom is -0.467 e. The van der Waals surface area contributed by atoms with Crippen LogP contribution in [0.15, 0.2) is 30.3 Å². The highest BCUT2D eigenvalue weighted by molar-refractivity contribution is 5.92. The summed E-state index contributed by atoms with van der Waals surface area (Å²) in [4.78, 5) is 23.4. The molecule has 5 heteroatoms. The standard InChI is InChI=1S/C14H20N2O3/c1-10(2)9-12(13(17)19-3)16-14(18)15-11-7-5-4-6-8-11/h4-8,10,12H,9H2,1-3H3,(H2,15,16,18)/t12-/m0/s1. The van der Waals surface area contributed by atoms with Crippen LogP contribution >= 0.6 is 0 Å². The van der Waals surface area contributed by atoms with Gasteiger partial charge in [-0.05, 0) is 24.5 Å². The first-order chi connectivity index (χ1) is 9.02. The maximum Gasteiger partial charge on any atom is 0.328 e. The molecule has 2 N–H and O–H groups in total. The highest BCUT2D eigenvalue weighted by Crippen LogP contribution is 2.08. The molecule has 1 aromatic rings. The average Bonchev–Trinajstić information content (AvgIpc) is 2.37. The molecular weight excluding hydrogens is 244 g/mol. The summed E-state index contributed by atoms with van der Waals surface area (Å²) in [5, 5.41) is 5.29. The van der Waals surface area contributed by atoms with Gasteiger partial charge >= 0.3 is 12.0 Å². The van der Waals surface area contributed by atoms with Gasteiger partial charge in [-0.25, -0.2) is 9.59 Å². The number of hydrogen-bond donors (Lipinski definition) is 2. The Morgan fingerprint density at radius 1 is 1.21 bits per heavy atom. The summed E-state index contributed by atoms with van der Waals surface area (Å²) < 4.78 is 4.68. The van der Waals surface area contributed by atoms with Gasteiger partial charge in [-0.2, -0.15) is 0 Å². The second kappa shape index (κ2) is 7.41. The fourth-order valence-corrected chi connectivity index (χ4v) is 1.67. The van der Waals surface area contributed by atoms with E-state index >= 15 is 0 Å². The molecule has 104 valence electrons. The molecule has 2 amide bonds. The topological polar surface area (TPSA) is 67.4 Å². The van der Waals surface area contributed by atoms with Crippen molar-refractivity contribution in [2.45, 2.75) is 26.3 Å². The smallest absolute Gasteiger partial charge is 0.328 e. The summed E-state index contributed by atoms with van der Waals surface area (Å²) in [6.45, 7) is 3.96. The van der Waals surface area contributed by atoms with E-state index in [1.54, 1.807) is 12.1 Å². The van der Waals surface area contributed by atoms with Crippen molar-refractivity contribution in [1.29, 1.82) is 0 Å². The Hall–Kier alpha value is -2.04. The molecule has 0 fully saturated rings. The van der Waals surface area contributed by atoms with Gasteiger partial charge in [0.15, 0.2) is 0 Å². The van der Waals surface area contributed by atoms with Gasteiger partial charge in [-0.1, -0.05) is 32.0 Å². The number of anilines is 1. The van der Waals surface area contributed by atoms with Crippen LogP contribution in [0.5, 0.6) is 0 Å². The number of para-hydroxylation sites is 1. The van der Waals surface area contributed by atoms with Crippen LogP contribution in [0, 0.1) is 5.92 Å². The minimum atomic E-state index is -0.631. The number of benzene rings is 1. The lowest BCUT2D eigenvalue weighted by Gasteiger charge is -2.18. The van der Waals surface area contributed by atoms with Crippen molar-refractivity contribution in [1.82, 2.24) is 5.32 Å². The molecule has 0 saturated heterocycles. The molecule has 0 aliphatic rings. The number of carbonyl (C=O) groups excluding carboxylic acids is 2. The summed E-state index contributed by atoms with van der Waals surface area (Å²) in [7, 11) is 1.31. The molecule has 0 aliphatic carbocycles. The third-order valence-corrected chi connectivity index (χ3v) is 2.53. The number of carbonyl (C=O) groups is 2. The van der Waals surface area contributed by atoms with Crippen LogP contribution in [0.4, 0.5) is 10.5 Å². The van der Waals surface area contributed by atoms with Crippen LogP contribution < -0.4 is 10.6 Å². The third-order valence-electron chi connectivity index (χ3n) is 2.53. The lowest BCUT2D eigenvalue weighted by atomic mass is 10.0. The van der Waals surface area contributed by atoms with Crippen LogP contribution in [0.1, 0.15) is 20.3 Å². The first-order valence-corrected chi connectivity index (χ1v) is 6.23. The highest BCUT2D eigenvalue weighted by Gasteiger charge is 2.22. The summed E-state index contributed by atoms with van der Waals surface area (Å²) in [6.07, 6.45) is 0.537. The zero-order chi connectivity index (χ0) is 14.3. The number of nitrogens with one attached hydrogen (secondary N) is 2. The quantitative estimate of drug-likeness (QED) is 0.802. The number of ether oxygens (including phenoxy) is 1. The van der Waals surface area contributed by atoms with Crippen molar-refractivity contribution in [3.8, 4) is 0 Å². The zero-order valence-electron chi connectivity index (χ0n) is 11.5. The maximum atomic E-state index is 11.8. The maximum absolute atomic E-state index is 11.8. The van der Waals surface area contributed by atoms with Crippen molar-refractivity contribution in [3.05, 3.63) is 30.3 Å². The van der Waals surface area contributed by atoms with E-state index in [1.807, 2.05) is 32.0 Å². The molecule has 5 nitrogen and oxygen atoms in total. The summed E-state index contributed by atoms with van der Waals surface area (Å²) in [5.74, 6) is -0.155. The first-order valence-electron chi connectivity index (χ1n) is 6.23. The van der Waals surface area contributed by atoms with Crippen LogP contribution in [-0.4, -0.2) is 25.2 Å². The lowest BCUT2D eigenvalue weighted by molar-refractivity contribution is -0.143. The molecule has 0 unspecified atom stereocenters. The summed E-state index contributed by atoms with van der Waals surface area (Å²) in [5.41, 5.74) is 0.674. The van der Waals surface area contributed by atoms with E-state index in [2.05, 4.69) is 15.4 Å². The normalized spacial score (nSPS) is 11.8. The van der Waals surface area contributed by atoms with Gasteiger partial charge in [0.2, 0.25) is 0 Å². The van der Waals surface area contributed by atoms with Crippen LogP contribution in [0.2, 0.25) is 0 Å². The Morgan fingerprint density at radius 3 is 2.37 bits per heavy atom. The second-order valence-electron chi connectivity index (χ2n) is 4.67. The van der Waals surface area contributed by atoms with E-state index in [9.17, 15) is 9.59 Å². The van der Waals surface area contributed by atoms with Gasteiger partial charge in [0, 0.05) is 5.69 Å². The lowest BCUT2D eigenvalue weighted by Crippen LogP contribution is -2.44. The average molecular weight is 264 g/mol. The van der Waals surface area contributed by atoms with Gasteiger partial charge in [-0.15, -0.1) is 0 Å². The number of hydrogen-bond acceptors (Lipinski definition) is 3. The summed E-state index contributed by atoms with van der Waals surface area (Å²) >= 11 is 0. The molecule has 0 bridgehead atoms. The van der Waals surface area contributed by atoms with Crippen molar-refractivity contribution >= 4 is 17.7 Å². The van der Waals surface area contributed by atoms with Gasteiger partial charge < -0.3 is 15.4 Å². The van der Waals surface area contributed by atoms with Crippen molar-refractivity contribution in [2.24, 2.45) is 5.92 Å². The second-order valence-corrected chi connectivity index (χ2v) is 4.67. The molecule has 0 heterocycles. The van der Waals surface area contributed by atoms with Crippen molar-refractivity contribution in [3.63, 3.8) is 0 Å². The van der Waals surface area contributed by atoms with Gasteiger partial charge in [-0.3, -0.25) is 0 Å². The number of amides is 2. The number of rotatable bonds is 5. The Bertz CT molecular complexity index is 418. The van der Waals surface area contributed by atoms with Crippen molar-refractivity contribution in [2.75, 3.05) is 12.4 Å². The molecule has 0 aliphatic heterocycles. The first kappa shape index (κ1) is 15.0. The molecule has 1 aromatic carbocycles. The fraction of sp³-hybridized carbons (Fsp3) is 0.429. The Morgan fingerprint density at radius 2 is 1.84 bits per heavy atom. The SMILES string of the molecule is COC(=O)[C@H](CC(C)C)NC(=O)Nc1ccccc1. The van der Waals surface area contributed by atoms with E-state index in [-0.39, 0.29) is 5.92 Å².